The zero-order valence-electron chi connectivity index (χ0n) is 8.24. The molecule has 0 radical (unpaired) electrons. The Labute approximate surface area is 84.9 Å². The van der Waals surface area contributed by atoms with Crippen LogP contribution in [0.1, 0.15) is 38.5 Å². The standard InChI is InChI=1S/C9H17NO3S/c10-14(11,12)7-8-3-1-4-9(13-8)5-2-6-9/h8H,1-7H2,(H2,10,11,12). The van der Waals surface area contributed by atoms with Crippen LogP contribution in [0.4, 0.5) is 0 Å². The van der Waals surface area contributed by atoms with Crippen LogP contribution in [-0.4, -0.2) is 25.9 Å². The van der Waals surface area contributed by atoms with Crippen molar-refractivity contribution in [3.05, 3.63) is 0 Å². The smallest absolute Gasteiger partial charge is 0.211 e. The fourth-order valence-corrected chi connectivity index (χ4v) is 3.19. The first-order valence-corrected chi connectivity index (χ1v) is 6.89. The average molecular weight is 219 g/mol. The first-order chi connectivity index (χ1) is 6.49. The maximum Gasteiger partial charge on any atom is 0.211 e. The minimum atomic E-state index is -3.38. The first-order valence-electron chi connectivity index (χ1n) is 5.17. The minimum absolute atomic E-state index is 0.0191. The Balaban J connectivity index is 1.94. The molecule has 0 aromatic rings. The summed E-state index contributed by atoms with van der Waals surface area (Å²) in [4.78, 5) is 0. The second kappa shape index (κ2) is 3.47. The van der Waals surface area contributed by atoms with Crippen LogP contribution >= 0.6 is 0 Å². The van der Waals surface area contributed by atoms with Gasteiger partial charge in [-0.25, -0.2) is 13.6 Å². The van der Waals surface area contributed by atoms with Gasteiger partial charge in [0.15, 0.2) is 0 Å². The largest absolute Gasteiger partial charge is 0.371 e. The Morgan fingerprint density at radius 3 is 2.43 bits per heavy atom. The highest BCUT2D eigenvalue weighted by molar-refractivity contribution is 7.89. The lowest BCUT2D eigenvalue weighted by Crippen LogP contribution is -2.48. The molecule has 1 saturated carbocycles. The summed E-state index contributed by atoms with van der Waals surface area (Å²) in [6.45, 7) is 0. The van der Waals surface area contributed by atoms with Crippen molar-refractivity contribution in [3.63, 3.8) is 0 Å². The highest BCUT2D eigenvalue weighted by Gasteiger charge is 2.42. The lowest BCUT2D eigenvalue weighted by atomic mass is 9.74. The summed E-state index contributed by atoms with van der Waals surface area (Å²) in [5.74, 6) is -0.0191. The van der Waals surface area contributed by atoms with Crippen molar-refractivity contribution < 1.29 is 13.2 Å². The van der Waals surface area contributed by atoms with E-state index in [1.54, 1.807) is 0 Å². The van der Waals surface area contributed by atoms with Gasteiger partial charge in [-0.1, -0.05) is 0 Å². The summed E-state index contributed by atoms with van der Waals surface area (Å²) in [5, 5.41) is 5.01. The van der Waals surface area contributed by atoms with Gasteiger partial charge in [0.1, 0.15) is 0 Å². The number of sulfonamides is 1. The molecule has 82 valence electrons. The zero-order chi connectivity index (χ0) is 10.2. The topological polar surface area (TPSA) is 69.4 Å². The molecule has 2 N–H and O–H groups in total. The van der Waals surface area contributed by atoms with Crippen LogP contribution in [0.2, 0.25) is 0 Å². The van der Waals surface area contributed by atoms with E-state index in [1.165, 1.54) is 6.42 Å². The summed E-state index contributed by atoms with van der Waals surface area (Å²) in [7, 11) is -3.38. The fourth-order valence-electron chi connectivity index (χ4n) is 2.44. The van der Waals surface area contributed by atoms with Crippen molar-refractivity contribution in [3.8, 4) is 0 Å². The third-order valence-corrected chi connectivity index (χ3v) is 4.09. The van der Waals surface area contributed by atoms with Gasteiger partial charge in [-0.2, -0.15) is 0 Å². The number of rotatable bonds is 2. The number of hydrogen-bond acceptors (Lipinski definition) is 3. The molecular formula is C9H17NO3S. The predicted molar refractivity (Wildman–Crippen MR) is 53.3 cm³/mol. The van der Waals surface area contributed by atoms with Crippen molar-refractivity contribution in [1.82, 2.24) is 0 Å². The van der Waals surface area contributed by atoms with Crippen molar-refractivity contribution in [2.24, 2.45) is 5.14 Å². The molecule has 5 heteroatoms. The van der Waals surface area contributed by atoms with Crippen LogP contribution < -0.4 is 5.14 Å². The van der Waals surface area contributed by atoms with E-state index in [0.717, 1.165) is 32.1 Å². The van der Waals surface area contributed by atoms with Crippen LogP contribution in [0.15, 0.2) is 0 Å². The van der Waals surface area contributed by atoms with Gasteiger partial charge in [-0.3, -0.25) is 0 Å². The van der Waals surface area contributed by atoms with E-state index in [2.05, 4.69) is 0 Å². The second-order valence-corrected chi connectivity index (χ2v) is 6.16. The van der Waals surface area contributed by atoms with E-state index in [1.807, 2.05) is 0 Å². The van der Waals surface area contributed by atoms with Crippen LogP contribution in [0.25, 0.3) is 0 Å². The lowest BCUT2D eigenvalue weighted by Gasteiger charge is -2.47. The molecule has 1 heterocycles. The second-order valence-electron chi connectivity index (χ2n) is 4.50. The van der Waals surface area contributed by atoms with Gasteiger partial charge in [-0.05, 0) is 38.5 Å². The van der Waals surface area contributed by atoms with Gasteiger partial charge in [0.25, 0.3) is 0 Å². The van der Waals surface area contributed by atoms with E-state index in [0.29, 0.717) is 0 Å². The summed E-state index contributed by atoms with van der Waals surface area (Å²) < 4.78 is 27.7. The number of nitrogens with two attached hydrogens (primary N) is 1. The maximum atomic E-state index is 10.9. The molecule has 0 bridgehead atoms. The van der Waals surface area contributed by atoms with Gasteiger partial charge in [0, 0.05) is 0 Å². The van der Waals surface area contributed by atoms with Gasteiger partial charge in [0.05, 0.1) is 17.5 Å². The predicted octanol–water partition coefficient (Wildman–Crippen LogP) is 0.767. The molecular weight excluding hydrogens is 202 g/mol. The monoisotopic (exact) mass is 219 g/mol. The Bertz CT molecular complexity index is 308. The molecule has 0 aromatic heterocycles. The Hall–Kier alpha value is -0.130. The zero-order valence-corrected chi connectivity index (χ0v) is 9.05. The SMILES string of the molecule is NS(=O)(=O)CC1CCCC2(CCC2)O1. The van der Waals surface area contributed by atoms with Crippen LogP contribution in [0.5, 0.6) is 0 Å². The molecule has 4 nitrogen and oxygen atoms in total. The van der Waals surface area contributed by atoms with E-state index < -0.39 is 10.0 Å². The van der Waals surface area contributed by atoms with Crippen molar-refractivity contribution in [2.75, 3.05) is 5.75 Å². The summed E-state index contributed by atoms with van der Waals surface area (Å²) in [5.41, 5.74) is 0.0214. The Morgan fingerprint density at radius 1 is 1.29 bits per heavy atom. The average Bonchev–Trinajstić information content (AvgIpc) is 1.99. The highest BCUT2D eigenvalue weighted by Crippen LogP contribution is 2.44. The third-order valence-electron chi connectivity index (χ3n) is 3.26. The van der Waals surface area contributed by atoms with Gasteiger partial charge in [-0.15, -0.1) is 0 Å². The van der Waals surface area contributed by atoms with Crippen molar-refractivity contribution in [2.45, 2.75) is 50.2 Å². The minimum Gasteiger partial charge on any atom is -0.371 e. The molecule has 2 aliphatic rings. The molecule has 1 aliphatic carbocycles. The molecule has 1 atom stereocenters. The van der Waals surface area contributed by atoms with Crippen LogP contribution in [0, 0.1) is 0 Å². The van der Waals surface area contributed by atoms with Crippen molar-refractivity contribution in [1.29, 1.82) is 0 Å². The van der Waals surface area contributed by atoms with E-state index in [4.69, 9.17) is 9.88 Å². The normalized spacial score (nSPS) is 31.4. The maximum absolute atomic E-state index is 10.9. The van der Waals surface area contributed by atoms with Crippen LogP contribution in [0.3, 0.4) is 0 Å². The molecule has 14 heavy (non-hydrogen) atoms. The summed E-state index contributed by atoms with van der Waals surface area (Å²) in [6.07, 6.45) is 6.22. The quantitative estimate of drug-likeness (QED) is 0.745. The van der Waals surface area contributed by atoms with E-state index in [-0.39, 0.29) is 17.5 Å². The number of ether oxygens (including phenoxy) is 1. The van der Waals surface area contributed by atoms with Gasteiger partial charge in [0.2, 0.25) is 10.0 Å². The molecule has 2 fully saturated rings. The summed E-state index contributed by atoms with van der Waals surface area (Å²) >= 11 is 0. The highest BCUT2D eigenvalue weighted by atomic mass is 32.2. The van der Waals surface area contributed by atoms with Gasteiger partial charge >= 0.3 is 0 Å². The molecule has 2 rings (SSSR count). The van der Waals surface area contributed by atoms with E-state index >= 15 is 0 Å². The third kappa shape index (κ3) is 2.27. The molecule has 1 unspecified atom stereocenters. The van der Waals surface area contributed by atoms with Crippen molar-refractivity contribution >= 4 is 10.0 Å². The Kier molecular flexibility index (Phi) is 2.57. The Morgan fingerprint density at radius 2 is 1.93 bits per heavy atom. The first kappa shape index (κ1) is 10.4. The molecule has 0 amide bonds. The van der Waals surface area contributed by atoms with Gasteiger partial charge < -0.3 is 4.74 Å². The molecule has 1 saturated heterocycles. The number of primary sulfonamides is 1. The fraction of sp³-hybridized carbons (Fsp3) is 1.00. The lowest BCUT2D eigenvalue weighted by molar-refractivity contribution is -0.161. The van der Waals surface area contributed by atoms with Crippen LogP contribution in [-0.2, 0) is 14.8 Å². The van der Waals surface area contributed by atoms with E-state index in [9.17, 15) is 8.42 Å². The molecule has 1 spiro atoms. The molecule has 1 aliphatic heterocycles. The summed E-state index contributed by atoms with van der Waals surface area (Å²) in [6, 6.07) is 0. The molecule has 0 aromatic carbocycles. The number of hydrogen-bond donors (Lipinski definition) is 1.